The van der Waals surface area contributed by atoms with E-state index in [1.54, 1.807) is 0 Å². The summed E-state index contributed by atoms with van der Waals surface area (Å²) in [5.74, 6) is 1.30. The number of nitrogens with zero attached hydrogens (tertiary/aromatic N) is 2. The van der Waals surface area contributed by atoms with Crippen LogP contribution in [-0.4, -0.2) is 9.97 Å². The molecule has 1 aromatic carbocycles. The molecule has 0 aliphatic carbocycles. The summed E-state index contributed by atoms with van der Waals surface area (Å²) < 4.78 is 0.956. The molecule has 20 heavy (non-hydrogen) atoms. The van der Waals surface area contributed by atoms with Crippen LogP contribution in [0.15, 0.2) is 24.3 Å². The fraction of sp³-hybridized carbons (Fsp3) is 0.333. The zero-order valence-electron chi connectivity index (χ0n) is 11.3. The predicted octanol–water partition coefficient (Wildman–Crippen LogP) is 5.18. The number of aromatic nitrogens is 2. The van der Waals surface area contributed by atoms with Gasteiger partial charge in [-0.2, -0.15) is 0 Å². The molecule has 106 valence electrons. The zero-order chi connectivity index (χ0) is 14.7. The predicted molar refractivity (Wildman–Crippen MR) is 92.6 cm³/mol. The van der Waals surface area contributed by atoms with E-state index in [4.69, 9.17) is 23.2 Å². The van der Waals surface area contributed by atoms with E-state index in [9.17, 15) is 0 Å². The standard InChI is InChI=1S/C15H15Cl2IN2/c1-9(2)7-12-14(18)15(17)20-13(19-12)8-10-3-5-11(16)6-4-10/h3-6,9H,7-8H2,1-2H3. The molecule has 0 spiro atoms. The van der Waals surface area contributed by atoms with Gasteiger partial charge in [0.1, 0.15) is 11.0 Å². The molecule has 2 aromatic rings. The highest BCUT2D eigenvalue weighted by Crippen LogP contribution is 2.22. The third kappa shape index (κ3) is 4.30. The molecule has 5 heteroatoms. The molecule has 0 saturated carbocycles. The Hall–Kier alpha value is -0.390. The van der Waals surface area contributed by atoms with Crippen molar-refractivity contribution in [3.63, 3.8) is 0 Å². The Kier molecular flexibility index (Phi) is 5.64. The van der Waals surface area contributed by atoms with Crippen LogP contribution in [0.1, 0.15) is 30.9 Å². The monoisotopic (exact) mass is 420 g/mol. The molecule has 0 unspecified atom stereocenters. The summed E-state index contributed by atoms with van der Waals surface area (Å²) in [6.45, 7) is 4.34. The van der Waals surface area contributed by atoms with E-state index in [-0.39, 0.29) is 0 Å². The lowest BCUT2D eigenvalue weighted by Gasteiger charge is -2.10. The van der Waals surface area contributed by atoms with Crippen LogP contribution >= 0.6 is 45.8 Å². The maximum atomic E-state index is 6.21. The van der Waals surface area contributed by atoms with Crippen LogP contribution in [-0.2, 0) is 12.8 Å². The number of benzene rings is 1. The van der Waals surface area contributed by atoms with E-state index < -0.39 is 0 Å². The third-order valence-electron chi connectivity index (χ3n) is 2.80. The van der Waals surface area contributed by atoms with Crippen molar-refractivity contribution >= 4 is 45.8 Å². The molecule has 1 heterocycles. The SMILES string of the molecule is CC(C)Cc1nc(Cc2ccc(Cl)cc2)nc(Cl)c1I. The van der Waals surface area contributed by atoms with Gasteiger partial charge in [-0.25, -0.2) is 9.97 Å². The first-order valence-electron chi connectivity index (χ1n) is 6.41. The van der Waals surface area contributed by atoms with Gasteiger partial charge in [0.05, 0.1) is 9.26 Å². The van der Waals surface area contributed by atoms with Crippen molar-refractivity contribution in [1.29, 1.82) is 0 Å². The Bertz CT molecular complexity index is 598. The molecule has 0 N–H and O–H groups in total. The molecule has 1 aromatic heterocycles. The van der Waals surface area contributed by atoms with Crippen LogP contribution in [0.25, 0.3) is 0 Å². The van der Waals surface area contributed by atoms with Crippen molar-refractivity contribution in [2.75, 3.05) is 0 Å². The number of halogens is 3. The first kappa shape index (κ1) is 16.0. The average Bonchev–Trinajstić information content (AvgIpc) is 2.37. The second-order valence-electron chi connectivity index (χ2n) is 5.09. The Balaban J connectivity index is 2.27. The Labute approximate surface area is 143 Å². The Morgan fingerprint density at radius 3 is 2.35 bits per heavy atom. The fourth-order valence-electron chi connectivity index (χ4n) is 1.90. The van der Waals surface area contributed by atoms with Crippen molar-refractivity contribution in [3.05, 3.63) is 55.1 Å². The van der Waals surface area contributed by atoms with E-state index in [0.29, 0.717) is 17.5 Å². The molecule has 0 saturated heterocycles. The van der Waals surface area contributed by atoms with E-state index >= 15 is 0 Å². The van der Waals surface area contributed by atoms with Gasteiger partial charge in [0.15, 0.2) is 0 Å². The van der Waals surface area contributed by atoms with Crippen molar-refractivity contribution < 1.29 is 0 Å². The summed E-state index contributed by atoms with van der Waals surface area (Å²) >= 11 is 14.3. The molecule has 0 amide bonds. The zero-order valence-corrected chi connectivity index (χ0v) is 15.0. The normalized spacial score (nSPS) is 11.1. The maximum absolute atomic E-state index is 6.21. The Morgan fingerprint density at radius 1 is 1.10 bits per heavy atom. The third-order valence-corrected chi connectivity index (χ3v) is 4.78. The summed E-state index contributed by atoms with van der Waals surface area (Å²) in [6.07, 6.45) is 1.58. The molecule has 2 nitrogen and oxygen atoms in total. The molecule has 0 bridgehead atoms. The van der Waals surface area contributed by atoms with E-state index in [2.05, 4.69) is 46.4 Å². The van der Waals surface area contributed by atoms with Crippen LogP contribution in [0.4, 0.5) is 0 Å². The molecular formula is C15H15Cl2IN2. The minimum atomic E-state index is 0.540. The van der Waals surface area contributed by atoms with Crippen LogP contribution in [0, 0.1) is 9.49 Å². The van der Waals surface area contributed by atoms with Crippen molar-refractivity contribution in [3.8, 4) is 0 Å². The van der Waals surface area contributed by atoms with Crippen LogP contribution in [0.5, 0.6) is 0 Å². The quantitative estimate of drug-likeness (QED) is 0.503. The highest BCUT2D eigenvalue weighted by atomic mass is 127. The molecule has 0 radical (unpaired) electrons. The number of rotatable bonds is 4. The van der Waals surface area contributed by atoms with Gasteiger partial charge in [-0.1, -0.05) is 49.2 Å². The molecule has 0 fully saturated rings. The molecular weight excluding hydrogens is 406 g/mol. The summed E-state index contributed by atoms with van der Waals surface area (Å²) in [4.78, 5) is 9.03. The van der Waals surface area contributed by atoms with Gasteiger partial charge < -0.3 is 0 Å². The van der Waals surface area contributed by atoms with Crippen molar-refractivity contribution in [2.45, 2.75) is 26.7 Å². The number of hydrogen-bond acceptors (Lipinski definition) is 2. The first-order chi connectivity index (χ1) is 9.45. The largest absolute Gasteiger partial charge is 0.236 e. The fourth-order valence-corrected chi connectivity index (χ4v) is 2.69. The minimum absolute atomic E-state index is 0.540. The molecule has 0 aliphatic heterocycles. The van der Waals surface area contributed by atoms with E-state index in [1.165, 1.54) is 0 Å². The van der Waals surface area contributed by atoms with E-state index in [1.807, 2.05) is 24.3 Å². The molecule has 0 aliphatic rings. The second kappa shape index (κ2) is 7.05. The number of hydrogen-bond donors (Lipinski definition) is 0. The lowest BCUT2D eigenvalue weighted by Crippen LogP contribution is -2.07. The highest BCUT2D eigenvalue weighted by Gasteiger charge is 2.12. The second-order valence-corrected chi connectivity index (χ2v) is 6.97. The average molecular weight is 421 g/mol. The van der Waals surface area contributed by atoms with Gasteiger partial charge in [0.25, 0.3) is 0 Å². The Morgan fingerprint density at radius 2 is 1.75 bits per heavy atom. The van der Waals surface area contributed by atoms with Crippen LogP contribution < -0.4 is 0 Å². The minimum Gasteiger partial charge on any atom is -0.236 e. The van der Waals surface area contributed by atoms with Gasteiger partial charge in [-0.3, -0.25) is 0 Å². The van der Waals surface area contributed by atoms with Gasteiger partial charge >= 0.3 is 0 Å². The first-order valence-corrected chi connectivity index (χ1v) is 8.24. The van der Waals surface area contributed by atoms with Gasteiger partial charge in [-0.15, -0.1) is 0 Å². The van der Waals surface area contributed by atoms with Crippen LogP contribution in [0.3, 0.4) is 0 Å². The van der Waals surface area contributed by atoms with Crippen molar-refractivity contribution in [2.24, 2.45) is 5.92 Å². The van der Waals surface area contributed by atoms with Crippen LogP contribution in [0.2, 0.25) is 10.2 Å². The lowest BCUT2D eigenvalue weighted by molar-refractivity contribution is 0.628. The van der Waals surface area contributed by atoms with Gasteiger partial charge in [-0.05, 0) is 52.6 Å². The summed E-state index contributed by atoms with van der Waals surface area (Å²) in [7, 11) is 0. The van der Waals surface area contributed by atoms with Gasteiger partial charge in [0, 0.05) is 11.4 Å². The van der Waals surface area contributed by atoms with E-state index in [0.717, 1.165) is 32.1 Å². The molecule has 0 atom stereocenters. The maximum Gasteiger partial charge on any atom is 0.146 e. The van der Waals surface area contributed by atoms with Gasteiger partial charge in [0.2, 0.25) is 0 Å². The topological polar surface area (TPSA) is 25.8 Å². The summed E-state index contributed by atoms with van der Waals surface area (Å²) in [5, 5.41) is 1.27. The summed E-state index contributed by atoms with van der Waals surface area (Å²) in [5.41, 5.74) is 2.16. The summed E-state index contributed by atoms with van der Waals surface area (Å²) in [6, 6.07) is 7.72. The lowest BCUT2D eigenvalue weighted by atomic mass is 10.1. The highest BCUT2D eigenvalue weighted by molar-refractivity contribution is 14.1. The molecule has 2 rings (SSSR count). The van der Waals surface area contributed by atoms with Crippen molar-refractivity contribution in [1.82, 2.24) is 9.97 Å². The smallest absolute Gasteiger partial charge is 0.146 e.